The van der Waals surface area contributed by atoms with Gasteiger partial charge in [0, 0.05) is 34.1 Å². The van der Waals surface area contributed by atoms with Crippen molar-refractivity contribution < 1.29 is 19.4 Å². The van der Waals surface area contributed by atoms with E-state index in [1.807, 2.05) is 18.2 Å². The molecule has 0 amide bonds. The first-order valence-corrected chi connectivity index (χ1v) is 16.1. The summed E-state index contributed by atoms with van der Waals surface area (Å²) in [4.78, 5) is 27.9. The Kier molecular flexibility index (Phi) is 8.10. The van der Waals surface area contributed by atoms with Gasteiger partial charge in [-0.15, -0.1) is 18.3 Å². The molecule has 0 aliphatic heterocycles. The molecule has 4 fully saturated rings. The third-order valence-electron chi connectivity index (χ3n) is 11.8. The van der Waals surface area contributed by atoms with Crippen molar-refractivity contribution in [2.45, 2.75) is 89.9 Å². The number of hydrogen-bond acceptors (Lipinski definition) is 7. The summed E-state index contributed by atoms with van der Waals surface area (Å²) in [6.45, 7) is 15.2. The van der Waals surface area contributed by atoms with E-state index in [0.717, 1.165) is 43.7 Å². The quantitative estimate of drug-likeness (QED) is 0.156. The normalized spacial score (nSPS) is 41.9. The smallest absolute Gasteiger partial charge is 0.316 e. The van der Waals surface area contributed by atoms with Crippen molar-refractivity contribution in [3.05, 3.63) is 42.5 Å². The van der Waals surface area contributed by atoms with Crippen molar-refractivity contribution in [2.75, 3.05) is 18.8 Å². The van der Waals surface area contributed by atoms with E-state index in [4.69, 9.17) is 10.5 Å². The van der Waals surface area contributed by atoms with Gasteiger partial charge in [0.2, 0.25) is 0 Å². The first kappa shape index (κ1) is 29.8. The lowest BCUT2D eigenvalue weighted by atomic mass is 9.32. The van der Waals surface area contributed by atoms with Gasteiger partial charge in [-0.05, 0) is 86.1 Å². The van der Waals surface area contributed by atoms with Gasteiger partial charge in [-0.3, -0.25) is 9.59 Å². The minimum absolute atomic E-state index is 0.0515. The van der Waals surface area contributed by atoms with E-state index in [-0.39, 0.29) is 45.7 Å². The number of rotatable bonds is 10. The van der Waals surface area contributed by atoms with Crippen LogP contribution in [-0.4, -0.2) is 47.9 Å². The number of carbonyl (C=O) groups excluding carboxylic acids is 2. The Bertz CT molecular complexity index is 1160. The zero-order chi connectivity index (χ0) is 28.9. The topological polar surface area (TPSA) is 102 Å². The first-order chi connectivity index (χ1) is 19.0. The SMILES string of the molecule is C=C[C@]1(C)C[C@@H](OC(=O)CSc2cccc(CNCCCN)c2)[C@]2(C)C(C)CC34CC(CCC3=O)(C42)[C@@H](C)[C@@H]1O. The zero-order valence-corrected chi connectivity index (χ0v) is 25.5. The second-order valence-corrected chi connectivity index (χ2v) is 14.8. The second-order valence-electron chi connectivity index (χ2n) is 13.8. The number of nitrogens with two attached hydrogens (primary N) is 1. The molecule has 2 spiro atoms. The molecule has 0 heterocycles. The van der Waals surface area contributed by atoms with Crippen LogP contribution in [0, 0.1) is 39.4 Å². The Hall–Kier alpha value is -1.67. The van der Waals surface area contributed by atoms with Gasteiger partial charge < -0.3 is 20.9 Å². The van der Waals surface area contributed by atoms with Crippen molar-refractivity contribution in [1.82, 2.24) is 5.32 Å². The highest BCUT2D eigenvalue weighted by atomic mass is 32.2. The predicted octanol–water partition coefficient (Wildman–Crippen LogP) is 5.12. The van der Waals surface area contributed by atoms with E-state index in [9.17, 15) is 14.7 Å². The van der Waals surface area contributed by atoms with Gasteiger partial charge >= 0.3 is 5.97 Å². The molecule has 1 aromatic carbocycles. The maximum atomic E-state index is 13.5. The van der Waals surface area contributed by atoms with E-state index in [0.29, 0.717) is 25.2 Å². The van der Waals surface area contributed by atoms with Crippen LogP contribution in [-0.2, 0) is 20.9 Å². The number of hydrogen-bond donors (Lipinski definition) is 3. The zero-order valence-electron chi connectivity index (χ0n) is 24.7. The van der Waals surface area contributed by atoms with Crippen LogP contribution in [0.3, 0.4) is 0 Å². The average molecular weight is 569 g/mol. The summed E-state index contributed by atoms with van der Waals surface area (Å²) >= 11 is 1.49. The first-order valence-electron chi connectivity index (χ1n) is 15.1. The molecular formula is C33H48N2O4S. The third-order valence-corrected chi connectivity index (χ3v) is 12.7. The molecule has 5 rings (SSSR count). The van der Waals surface area contributed by atoms with Gasteiger partial charge in [-0.1, -0.05) is 45.9 Å². The molecule has 0 radical (unpaired) electrons. The molecule has 4 N–H and O–H groups in total. The standard InChI is InChI=1S/C33H48N2O4S/c1-6-30(4)17-26(39-27(37)19-40-24-10-7-9-23(15-24)18-35-14-8-13-34)31(5)21(2)16-33-20-32(29(31)33,12-11-25(33)36)22(3)28(30)38/h6-7,9-10,15,21-22,26,28-29,35,38H,1,8,11-14,16-20,34H2,2-5H3/t21?,22-,26+,28-,29?,30+,31-,32?,33?/m0/s1. The number of thioether (sulfide) groups is 1. The minimum Gasteiger partial charge on any atom is -0.461 e. The van der Waals surface area contributed by atoms with Crippen molar-refractivity contribution in [3.8, 4) is 0 Å². The molecule has 4 saturated carbocycles. The summed E-state index contributed by atoms with van der Waals surface area (Å²) in [5.41, 5.74) is 5.41. The second kappa shape index (κ2) is 10.9. The Morgan fingerprint density at radius 3 is 2.80 bits per heavy atom. The highest BCUT2D eigenvalue weighted by Crippen LogP contribution is 2.82. The molecule has 40 heavy (non-hydrogen) atoms. The number of benzene rings is 1. The van der Waals surface area contributed by atoms with Gasteiger partial charge in [-0.2, -0.15) is 0 Å². The molecule has 6 nitrogen and oxygen atoms in total. The van der Waals surface area contributed by atoms with E-state index < -0.39 is 17.6 Å². The van der Waals surface area contributed by atoms with E-state index in [1.165, 1.54) is 17.3 Å². The molecule has 220 valence electrons. The summed E-state index contributed by atoms with van der Waals surface area (Å²) in [5.74, 6) is 0.797. The molecule has 1 aromatic rings. The third kappa shape index (κ3) is 4.50. The van der Waals surface area contributed by atoms with Crippen LogP contribution in [0.4, 0.5) is 0 Å². The van der Waals surface area contributed by atoms with Crippen LogP contribution < -0.4 is 11.1 Å². The summed E-state index contributed by atoms with van der Waals surface area (Å²) in [6, 6.07) is 8.25. The van der Waals surface area contributed by atoms with Gasteiger partial charge in [0.15, 0.2) is 0 Å². The Balaban J connectivity index is 1.36. The van der Waals surface area contributed by atoms with Crippen LogP contribution in [0.5, 0.6) is 0 Å². The number of carbonyl (C=O) groups is 2. The van der Waals surface area contributed by atoms with Crippen molar-refractivity contribution >= 4 is 23.5 Å². The van der Waals surface area contributed by atoms with E-state index in [1.54, 1.807) is 0 Å². The molecule has 9 atom stereocenters. The fraction of sp³-hybridized carbons (Fsp3) is 0.697. The number of ketones is 1. The van der Waals surface area contributed by atoms with Crippen molar-refractivity contribution in [2.24, 2.45) is 45.1 Å². The summed E-state index contributed by atoms with van der Waals surface area (Å²) in [7, 11) is 0. The van der Waals surface area contributed by atoms with Gasteiger partial charge in [0.05, 0.1) is 11.9 Å². The Labute approximate surface area is 244 Å². The number of ether oxygens (including phenoxy) is 1. The molecule has 2 bridgehead atoms. The molecular weight excluding hydrogens is 520 g/mol. The summed E-state index contributed by atoms with van der Waals surface area (Å²) in [5, 5.41) is 15.1. The summed E-state index contributed by atoms with van der Waals surface area (Å²) in [6.07, 6.45) is 5.47. The van der Waals surface area contributed by atoms with Crippen molar-refractivity contribution in [1.29, 1.82) is 0 Å². The maximum Gasteiger partial charge on any atom is 0.316 e. The average Bonchev–Trinajstić information content (AvgIpc) is 3.12. The van der Waals surface area contributed by atoms with Crippen molar-refractivity contribution in [3.63, 3.8) is 0 Å². The van der Waals surface area contributed by atoms with Crippen LogP contribution >= 0.6 is 11.8 Å². The summed E-state index contributed by atoms with van der Waals surface area (Å²) < 4.78 is 6.45. The number of nitrogens with one attached hydrogen (secondary N) is 1. The maximum absolute atomic E-state index is 13.5. The molecule has 7 heteroatoms. The number of Topliss-reactive ketones (excluding diaryl/α,β-unsaturated/α-hetero) is 1. The minimum atomic E-state index is -0.603. The highest BCUT2D eigenvalue weighted by Gasteiger charge is 2.81. The van der Waals surface area contributed by atoms with Crippen LogP contribution in [0.1, 0.15) is 71.8 Å². The predicted molar refractivity (Wildman–Crippen MR) is 160 cm³/mol. The molecule has 4 aliphatic rings. The number of aliphatic hydroxyl groups excluding tert-OH is 1. The van der Waals surface area contributed by atoms with Gasteiger partial charge in [-0.25, -0.2) is 0 Å². The monoisotopic (exact) mass is 568 g/mol. The molecule has 0 aromatic heterocycles. The Morgan fingerprint density at radius 1 is 1.30 bits per heavy atom. The van der Waals surface area contributed by atoms with Gasteiger partial charge in [0.25, 0.3) is 0 Å². The van der Waals surface area contributed by atoms with Gasteiger partial charge in [0.1, 0.15) is 11.9 Å². The van der Waals surface area contributed by atoms with E-state index in [2.05, 4.69) is 51.7 Å². The largest absolute Gasteiger partial charge is 0.461 e. The lowest BCUT2D eigenvalue weighted by Crippen LogP contribution is -2.71. The molecule has 4 aliphatic carbocycles. The lowest BCUT2D eigenvalue weighted by Gasteiger charge is -2.71. The van der Waals surface area contributed by atoms with Crippen LogP contribution in [0.25, 0.3) is 0 Å². The highest BCUT2D eigenvalue weighted by molar-refractivity contribution is 8.00. The van der Waals surface area contributed by atoms with Crippen LogP contribution in [0.2, 0.25) is 0 Å². The fourth-order valence-corrected chi connectivity index (χ4v) is 10.3. The van der Waals surface area contributed by atoms with Crippen LogP contribution in [0.15, 0.2) is 41.8 Å². The lowest BCUT2D eigenvalue weighted by molar-refractivity contribution is -0.257. The fourth-order valence-electron chi connectivity index (χ4n) is 9.56. The Morgan fingerprint density at radius 2 is 2.08 bits per heavy atom. The number of esters is 1. The molecule has 0 saturated heterocycles. The van der Waals surface area contributed by atoms with E-state index >= 15 is 0 Å². The number of aliphatic hydroxyl groups is 1. The molecule has 4 unspecified atom stereocenters.